The topological polar surface area (TPSA) is 101 Å². The van der Waals surface area contributed by atoms with Crippen LogP contribution in [0.5, 0.6) is 17.2 Å². The Labute approximate surface area is 211 Å². The van der Waals surface area contributed by atoms with Gasteiger partial charge in [-0.05, 0) is 43.7 Å². The van der Waals surface area contributed by atoms with Crippen molar-refractivity contribution < 1.29 is 23.7 Å². The van der Waals surface area contributed by atoms with Gasteiger partial charge in [-0.1, -0.05) is 29.8 Å². The maximum atomic E-state index is 13.3. The zero-order valence-corrected chi connectivity index (χ0v) is 22.1. The molecule has 0 N–H and O–H groups in total. The van der Waals surface area contributed by atoms with Crippen molar-refractivity contribution in [1.82, 2.24) is 9.66 Å². The number of benzene rings is 2. The molecule has 0 fully saturated rings. The van der Waals surface area contributed by atoms with Crippen molar-refractivity contribution in [2.45, 2.75) is 39.2 Å². The highest BCUT2D eigenvalue weighted by Gasteiger charge is 2.22. The molecule has 0 aliphatic heterocycles. The molecule has 9 nitrogen and oxygen atoms in total. The zero-order valence-electron chi connectivity index (χ0n) is 20.5. The highest BCUT2D eigenvalue weighted by Crippen LogP contribution is 2.39. The molecule has 0 aliphatic rings. The SMILES string of the molecule is CC[C@@H](C)c1nc2ccc(Br)cc2c(=O)n1N=Cc1cc(OC)c(O[C@@H](C)C(=O)OC)c(OC)c1. The Hall–Kier alpha value is -3.40. The van der Waals surface area contributed by atoms with Gasteiger partial charge in [0.1, 0.15) is 5.82 Å². The fourth-order valence-electron chi connectivity index (χ4n) is 3.39. The molecule has 35 heavy (non-hydrogen) atoms. The molecule has 3 aromatic rings. The summed E-state index contributed by atoms with van der Waals surface area (Å²) in [4.78, 5) is 29.9. The van der Waals surface area contributed by atoms with Gasteiger partial charge in [-0.15, -0.1) is 0 Å². The smallest absolute Gasteiger partial charge is 0.346 e. The number of ether oxygens (including phenoxy) is 4. The van der Waals surface area contributed by atoms with Crippen LogP contribution in [0.4, 0.5) is 0 Å². The first-order chi connectivity index (χ1) is 16.7. The standard InChI is InChI=1S/C25H28BrN3O6/c1-7-14(2)23-28-19-9-8-17(26)12-18(19)24(30)29(23)27-13-16-10-20(32-4)22(21(11-16)33-5)35-15(3)25(31)34-6/h8-15H,7H2,1-6H3/t14-,15+/m1/s1. The Morgan fingerprint density at radius 2 is 1.80 bits per heavy atom. The number of esters is 1. The third-order valence-corrected chi connectivity index (χ3v) is 6.01. The number of hydrogen-bond donors (Lipinski definition) is 0. The van der Waals surface area contributed by atoms with E-state index in [1.54, 1.807) is 25.1 Å². The van der Waals surface area contributed by atoms with Crippen molar-refractivity contribution in [3.8, 4) is 17.2 Å². The summed E-state index contributed by atoms with van der Waals surface area (Å²) in [7, 11) is 4.23. The van der Waals surface area contributed by atoms with E-state index in [9.17, 15) is 9.59 Å². The maximum Gasteiger partial charge on any atom is 0.346 e. The first-order valence-electron chi connectivity index (χ1n) is 11.0. The molecule has 1 aromatic heterocycles. The fraction of sp³-hybridized carbons (Fsp3) is 0.360. The molecule has 3 rings (SSSR count). The van der Waals surface area contributed by atoms with E-state index in [1.165, 1.54) is 32.2 Å². The molecular formula is C25H28BrN3O6. The minimum absolute atomic E-state index is 0.00699. The number of nitrogens with zero attached hydrogens (tertiary/aromatic N) is 3. The van der Waals surface area contributed by atoms with Gasteiger partial charge in [-0.3, -0.25) is 4.79 Å². The van der Waals surface area contributed by atoms with Crippen LogP contribution >= 0.6 is 15.9 Å². The van der Waals surface area contributed by atoms with E-state index >= 15 is 0 Å². The Kier molecular flexibility index (Phi) is 8.50. The third-order valence-electron chi connectivity index (χ3n) is 5.52. The molecule has 0 aliphatic carbocycles. The average molecular weight is 546 g/mol. The number of rotatable bonds is 9. The van der Waals surface area contributed by atoms with Gasteiger partial charge in [0, 0.05) is 16.0 Å². The summed E-state index contributed by atoms with van der Waals surface area (Å²) in [6.45, 7) is 5.59. The molecule has 0 unspecified atom stereocenters. The van der Waals surface area contributed by atoms with Crippen LogP contribution in [0.15, 0.2) is 44.7 Å². The summed E-state index contributed by atoms with van der Waals surface area (Å²) in [6, 6.07) is 8.74. The summed E-state index contributed by atoms with van der Waals surface area (Å²) in [5, 5.41) is 4.94. The van der Waals surface area contributed by atoms with Crippen molar-refractivity contribution in [3.63, 3.8) is 0 Å². The monoisotopic (exact) mass is 545 g/mol. The number of hydrogen-bond acceptors (Lipinski definition) is 8. The second-order valence-corrected chi connectivity index (χ2v) is 8.76. The largest absolute Gasteiger partial charge is 0.493 e. The van der Waals surface area contributed by atoms with E-state index in [1.807, 2.05) is 26.0 Å². The van der Waals surface area contributed by atoms with E-state index in [0.29, 0.717) is 33.8 Å². The van der Waals surface area contributed by atoms with E-state index < -0.39 is 12.1 Å². The Morgan fingerprint density at radius 1 is 1.14 bits per heavy atom. The predicted molar refractivity (Wildman–Crippen MR) is 137 cm³/mol. The minimum Gasteiger partial charge on any atom is -0.493 e. The third kappa shape index (κ3) is 5.64. The Bertz CT molecular complexity index is 1300. The van der Waals surface area contributed by atoms with Crippen LogP contribution in [-0.4, -0.2) is 49.3 Å². The molecule has 0 saturated heterocycles. The van der Waals surface area contributed by atoms with E-state index in [-0.39, 0.29) is 17.2 Å². The lowest BCUT2D eigenvalue weighted by Crippen LogP contribution is -2.25. The molecule has 0 saturated carbocycles. The lowest BCUT2D eigenvalue weighted by atomic mass is 10.1. The summed E-state index contributed by atoms with van der Waals surface area (Å²) in [5.74, 6) is 0.946. The number of methoxy groups -OCH3 is 3. The molecule has 1 heterocycles. The zero-order chi connectivity index (χ0) is 25.7. The van der Waals surface area contributed by atoms with Gasteiger partial charge in [-0.25, -0.2) is 9.78 Å². The normalized spacial score (nSPS) is 13.0. The van der Waals surface area contributed by atoms with Crippen LogP contribution < -0.4 is 19.8 Å². The molecule has 0 radical (unpaired) electrons. The van der Waals surface area contributed by atoms with Crippen LogP contribution in [0.25, 0.3) is 10.9 Å². The second-order valence-electron chi connectivity index (χ2n) is 7.84. The van der Waals surface area contributed by atoms with Crippen LogP contribution in [0.3, 0.4) is 0 Å². The summed E-state index contributed by atoms with van der Waals surface area (Å²) in [5.41, 5.74) is 0.936. The molecule has 2 atom stereocenters. The van der Waals surface area contributed by atoms with Gasteiger partial charge in [0.15, 0.2) is 17.6 Å². The van der Waals surface area contributed by atoms with Gasteiger partial charge in [-0.2, -0.15) is 9.78 Å². The number of aromatic nitrogens is 2. The molecule has 0 spiro atoms. The van der Waals surface area contributed by atoms with E-state index in [2.05, 4.69) is 21.0 Å². The van der Waals surface area contributed by atoms with Gasteiger partial charge >= 0.3 is 5.97 Å². The highest BCUT2D eigenvalue weighted by molar-refractivity contribution is 9.10. The van der Waals surface area contributed by atoms with Crippen LogP contribution in [0.2, 0.25) is 0 Å². The molecule has 0 amide bonds. The van der Waals surface area contributed by atoms with Crippen molar-refractivity contribution >= 4 is 39.0 Å². The van der Waals surface area contributed by atoms with Crippen molar-refractivity contribution in [2.24, 2.45) is 5.10 Å². The van der Waals surface area contributed by atoms with Crippen molar-refractivity contribution in [3.05, 3.63) is 56.5 Å². The second kappa shape index (κ2) is 11.4. The van der Waals surface area contributed by atoms with Crippen molar-refractivity contribution in [2.75, 3.05) is 21.3 Å². The molecule has 10 heteroatoms. The number of fused-ring (bicyclic) bond motifs is 1. The van der Waals surface area contributed by atoms with Gasteiger partial charge in [0.25, 0.3) is 5.56 Å². The lowest BCUT2D eigenvalue weighted by Gasteiger charge is -2.18. The summed E-state index contributed by atoms with van der Waals surface area (Å²) in [6.07, 6.45) is 1.44. The number of carbonyl (C=O) groups is 1. The van der Waals surface area contributed by atoms with Gasteiger partial charge in [0.05, 0.1) is 38.4 Å². The molecule has 186 valence electrons. The molecule has 0 bridgehead atoms. The molecular weight excluding hydrogens is 518 g/mol. The quantitative estimate of drug-likeness (QED) is 0.288. The minimum atomic E-state index is -0.873. The van der Waals surface area contributed by atoms with Crippen molar-refractivity contribution in [1.29, 1.82) is 0 Å². The van der Waals surface area contributed by atoms with E-state index in [0.717, 1.165) is 10.9 Å². The Balaban J connectivity index is 2.10. The highest BCUT2D eigenvalue weighted by atomic mass is 79.9. The number of halogens is 1. The fourth-order valence-corrected chi connectivity index (χ4v) is 3.75. The summed E-state index contributed by atoms with van der Waals surface area (Å²) < 4.78 is 23.5. The van der Waals surface area contributed by atoms with Gasteiger partial charge < -0.3 is 18.9 Å². The van der Waals surface area contributed by atoms with Gasteiger partial charge in [0.2, 0.25) is 5.75 Å². The first-order valence-corrected chi connectivity index (χ1v) is 11.8. The lowest BCUT2D eigenvalue weighted by molar-refractivity contribution is -0.148. The average Bonchev–Trinajstić information content (AvgIpc) is 2.87. The maximum absolute atomic E-state index is 13.3. The van der Waals surface area contributed by atoms with Crippen LogP contribution in [0.1, 0.15) is 44.5 Å². The van der Waals surface area contributed by atoms with E-state index in [4.69, 9.17) is 23.9 Å². The van der Waals surface area contributed by atoms with Crippen LogP contribution in [-0.2, 0) is 9.53 Å². The predicted octanol–water partition coefficient (Wildman–Crippen LogP) is 4.51. The van der Waals surface area contributed by atoms with Crippen LogP contribution in [0, 0.1) is 0 Å². The first kappa shape index (κ1) is 26.2. The molecule has 2 aromatic carbocycles. The number of carbonyl (C=O) groups excluding carboxylic acids is 1. The Morgan fingerprint density at radius 3 is 2.37 bits per heavy atom. The summed E-state index contributed by atoms with van der Waals surface area (Å²) >= 11 is 3.41.